The van der Waals surface area contributed by atoms with E-state index in [-0.39, 0.29) is 26.6 Å². The lowest BCUT2D eigenvalue weighted by molar-refractivity contribution is -0.136. The second kappa shape index (κ2) is 6.19. The van der Waals surface area contributed by atoms with Crippen molar-refractivity contribution in [2.75, 3.05) is 0 Å². The SMILES string of the molecule is O=C(O)Cc1cc(Cl)nc(-c2cc(Cl)c(Cl)c(Cl)c2)c1. The second-order valence-electron chi connectivity index (χ2n) is 4.01. The number of carboxylic acid groups (broad SMARTS) is 1. The first-order chi connectivity index (χ1) is 9.36. The maximum absolute atomic E-state index is 10.8. The topological polar surface area (TPSA) is 50.2 Å². The van der Waals surface area contributed by atoms with Gasteiger partial charge in [0.1, 0.15) is 5.15 Å². The summed E-state index contributed by atoms with van der Waals surface area (Å²) in [6, 6.07) is 6.31. The Morgan fingerprint density at radius 1 is 1.05 bits per heavy atom. The van der Waals surface area contributed by atoms with Crippen molar-refractivity contribution in [3.8, 4) is 11.3 Å². The molecule has 1 N–H and O–H groups in total. The first-order valence-corrected chi connectivity index (χ1v) is 6.91. The molecule has 0 aliphatic rings. The van der Waals surface area contributed by atoms with Crippen LogP contribution in [0.2, 0.25) is 20.2 Å². The highest BCUT2D eigenvalue weighted by Gasteiger charge is 2.11. The van der Waals surface area contributed by atoms with E-state index < -0.39 is 5.97 Å². The molecule has 0 saturated heterocycles. The van der Waals surface area contributed by atoms with Crippen molar-refractivity contribution in [1.29, 1.82) is 0 Å². The molecule has 0 fully saturated rings. The van der Waals surface area contributed by atoms with Crippen LogP contribution in [0, 0.1) is 0 Å². The standard InChI is InChI=1S/C13H7Cl4NO2/c14-8-4-7(5-9(15)13(8)17)10-1-6(3-12(19)20)2-11(16)18-10/h1-2,4-5H,3H2,(H,19,20). The van der Waals surface area contributed by atoms with Gasteiger partial charge in [0, 0.05) is 5.56 Å². The third-order valence-corrected chi connectivity index (χ3v) is 3.88. The minimum atomic E-state index is -0.953. The fourth-order valence-corrected chi connectivity index (χ4v) is 2.51. The third kappa shape index (κ3) is 3.55. The molecule has 104 valence electrons. The zero-order valence-electron chi connectivity index (χ0n) is 9.83. The van der Waals surface area contributed by atoms with Crippen molar-refractivity contribution in [3.05, 3.63) is 50.0 Å². The summed E-state index contributed by atoms with van der Waals surface area (Å²) in [6.45, 7) is 0. The van der Waals surface area contributed by atoms with Crippen LogP contribution in [0.25, 0.3) is 11.3 Å². The van der Waals surface area contributed by atoms with E-state index in [1.165, 1.54) is 6.07 Å². The molecule has 0 spiro atoms. The van der Waals surface area contributed by atoms with Gasteiger partial charge in [-0.3, -0.25) is 4.79 Å². The Hall–Kier alpha value is -1.000. The molecule has 20 heavy (non-hydrogen) atoms. The molecule has 2 rings (SSSR count). The zero-order valence-corrected chi connectivity index (χ0v) is 12.9. The molecule has 0 amide bonds. The predicted octanol–water partition coefficient (Wildman–Crippen LogP) is 4.99. The molecule has 0 aliphatic carbocycles. The Morgan fingerprint density at radius 3 is 2.20 bits per heavy atom. The molecule has 0 atom stereocenters. The highest BCUT2D eigenvalue weighted by molar-refractivity contribution is 6.48. The molecule has 2 aromatic rings. The van der Waals surface area contributed by atoms with Crippen molar-refractivity contribution in [1.82, 2.24) is 4.98 Å². The fraction of sp³-hybridized carbons (Fsp3) is 0.0769. The van der Waals surface area contributed by atoms with Gasteiger partial charge in [-0.05, 0) is 29.8 Å². The van der Waals surface area contributed by atoms with Gasteiger partial charge in [0.25, 0.3) is 0 Å². The number of rotatable bonds is 3. The smallest absolute Gasteiger partial charge is 0.307 e. The molecule has 0 unspecified atom stereocenters. The monoisotopic (exact) mass is 349 g/mol. The summed E-state index contributed by atoms with van der Waals surface area (Å²) < 4.78 is 0. The number of nitrogens with zero attached hydrogens (tertiary/aromatic N) is 1. The number of aromatic nitrogens is 1. The van der Waals surface area contributed by atoms with E-state index in [1.807, 2.05) is 0 Å². The lowest BCUT2D eigenvalue weighted by atomic mass is 10.1. The van der Waals surface area contributed by atoms with Crippen molar-refractivity contribution in [3.63, 3.8) is 0 Å². The van der Waals surface area contributed by atoms with Gasteiger partial charge in [0.2, 0.25) is 0 Å². The van der Waals surface area contributed by atoms with Crippen LogP contribution in [0.5, 0.6) is 0 Å². The number of benzene rings is 1. The van der Waals surface area contributed by atoms with Crippen molar-refractivity contribution in [2.45, 2.75) is 6.42 Å². The molecule has 3 nitrogen and oxygen atoms in total. The quantitative estimate of drug-likeness (QED) is 0.626. The van der Waals surface area contributed by atoms with Gasteiger partial charge in [-0.15, -0.1) is 0 Å². The highest BCUT2D eigenvalue weighted by Crippen LogP contribution is 2.35. The number of halogens is 4. The van der Waals surface area contributed by atoms with E-state index >= 15 is 0 Å². The van der Waals surface area contributed by atoms with Crippen LogP contribution in [-0.2, 0) is 11.2 Å². The van der Waals surface area contributed by atoms with Gasteiger partial charge in [-0.25, -0.2) is 4.98 Å². The molecule has 0 radical (unpaired) electrons. The van der Waals surface area contributed by atoms with Crippen molar-refractivity contribution in [2.24, 2.45) is 0 Å². The summed E-state index contributed by atoms with van der Waals surface area (Å²) in [5, 5.41) is 9.85. The summed E-state index contributed by atoms with van der Waals surface area (Å²) in [5.74, 6) is -0.953. The summed E-state index contributed by atoms with van der Waals surface area (Å²) in [6.07, 6.45) is -0.149. The zero-order chi connectivity index (χ0) is 14.9. The number of carbonyl (C=O) groups is 1. The van der Waals surface area contributed by atoms with Gasteiger partial charge < -0.3 is 5.11 Å². The maximum Gasteiger partial charge on any atom is 0.307 e. The van der Waals surface area contributed by atoms with Crippen LogP contribution in [-0.4, -0.2) is 16.1 Å². The van der Waals surface area contributed by atoms with Crippen LogP contribution in [0.1, 0.15) is 5.56 Å². The number of pyridine rings is 1. The second-order valence-corrected chi connectivity index (χ2v) is 5.59. The first-order valence-electron chi connectivity index (χ1n) is 5.40. The Kier molecular flexibility index (Phi) is 4.76. The van der Waals surface area contributed by atoms with Gasteiger partial charge in [0.15, 0.2) is 0 Å². The maximum atomic E-state index is 10.8. The summed E-state index contributed by atoms with van der Waals surface area (Å²) in [4.78, 5) is 14.9. The Labute approximate surface area is 135 Å². The highest BCUT2D eigenvalue weighted by atomic mass is 35.5. The van der Waals surface area contributed by atoms with Gasteiger partial charge in [0.05, 0.1) is 27.2 Å². The molecule has 7 heteroatoms. The first kappa shape index (κ1) is 15.4. The van der Waals surface area contributed by atoms with Gasteiger partial charge in [-0.2, -0.15) is 0 Å². The molecular formula is C13H7Cl4NO2. The van der Waals surface area contributed by atoms with E-state index in [4.69, 9.17) is 51.5 Å². The largest absolute Gasteiger partial charge is 0.481 e. The average Bonchev–Trinajstić information content (AvgIpc) is 2.33. The molecule has 0 bridgehead atoms. The fourth-order valence-electron chi connectivity index (χ4n) is 1.68. The lowest BCUT2D eigenvalue weighted by Crippen LogP contribution is -2.01. The van der Waals surface area contributed by atoms with E-state index in [2.05, 4.69) is 4.98 Å². The Bertz CT molecular complexity index is 665. The normalized spacial score (nSPS) is 10.6. The van der Waals surface area contributed by atoms with Gasteiger partial charge in [-0.1, -0.05) is 46.4 Å². The lowest BCUT2D eigenvalue weighted by Gasteiger charge is -2.07. The molecule has 1 heterocycles. The number of carboxylic acids is 1. The van der Waals surface area contributed by atoms with Crippen LogP contribution < -0.4 is 0 Å². The third-order valence-electron chi connectivity index (χ3n) is 2.49. The molecular weight excluding hydrogens is 344 g/mol. The van der Waals surface area contributed by atoms with Gasteiger partial charge >= 0.3 is 5.97 Å². The Balaban J connectivity index is 2.52. The predicted molar refractivity (Wildman–Crippen MR) is 81.1 cm³/mol. The van der Waals surface area contributed by atoms with Crippen LogP contribution in [0.15, 0.2) is 24.3 Å². The van der Waals surface area contributed by atoms with E-state index in [0.717, 1.165) is 0 Å². The molecule has 1 aromatic carbocycles. The summed E-state index contributed by atoms with van der Waals surface area (Å²) in [5.41, 5.74) is 1.63. The van der Waals surface area contributed by atoms with E-state index in [9.17, 15) is 4.79 Å². The summed E-state index contributed by atoms with van der Waals surface area (Å²) in [7, 11) is 0. The summed E-state index contributed by atoms with van der Waals surface area (Å²) >= 11 is 23.7. The number of hydrogen-bond donors (Lipinski definition) is 1. The molecule has 0 saturated carbocycles. The van der Waals surface area contributed by atoms with Crippen LogP contribution in [0.3, 0.4) is 0 Å². The van der Waals surface area contributed by atoms with Crippen LogP contribution >= 0.6 is 46.4 Å². The Morgan fingerprint density at radius 2 is 1.65 bits per heavy atom. The molecule has 1 aromatic heterocycles. The minimum absolute atomic E-state index is 0.149. The average molecular weight is 351 g/mol. The minimum Gasteiger partial charge on any atom is -0.481 e. The van der Waals surface area contributed by atoms with Crippen molar-refractivity contribution >= 4 is 52.4 Å². The van der Waals surface area contributed by atoms with Crippen molar-refractivity contribution < 1.29 is 9.90 Å². The van der Waals surface area contributed by atoms with E-state index in [0.29, 0.717) is 16.8 Å². The van der Waals surface area contributed by atoms with Crippen LogP contribution in [0.4, 0.5) is 0 Å². The number of aliphatic carboxylic acids is 1. The molecule has 0 aliphatic heterocycles. The number of hydrogen-bond acceptors (Lipinski definition) is 2. The van der Waals surface area contributed by atoms with E-state index in [1.54, 1.807) is 18.2 Å².